The van der Waals surface area contributed by atoms with Crippen molar-refractivity contribution >= 4 is 39.5 Å². The second kappa shape index (κ2) is 8.47. The van der Waals surface area contributed by atoms with E-state index in [0.717, 1.165) is 27.5 Å². The van der Waals surface area contributed by atoms with E-state index in [4.69, 9.17) is 0 Å². The third-order valence-corrected chi connectivity index (χ3v) is 5.95. The van der Waals surface area contributed by atoms with Crippen molar-refractivity contribution < 1.29 is 18.0 Å². The monoisotopic (exact) mass is 435 g/mol. The highest BCUT2D eigenvalue weighted by Gasteiger charge is 2.37. The second-order valence-electron chi connectivity index (χ2n) is 7.02. The molecule has 1 aromatic carbocycles. The highest BCUT2D eigenvalue weighted by atomic mass is 32.1. The number of alkyl halides is 3. The van der Waals surface area contributed by atoms with Crippen molar-refractivity contribution in [1.82, 2.24) is 15.0 Å². The van der Waals surface area contributed by atoms with Crippen LogP contribution in [0.5, 0.6) is 0 Å². The van der Waals surface area contributed by atoms with Crippen molar-refractivity contribution in [3.05, 3.63) is 47.1 Å². The molecule has 10 heteroatoms. The summed E-state index contributed by atoms with van der Waals surface area (Å²) in [6, 6.07) is 10.1. The lowest BCUT2D eigenvalue weighted by Gasteiger charge is -2.27. The normalized spacial score (nSPS) is 15.2. The molecule has 30 heavy (non-hydrogen) atoms. The van der Waals surface area contributed by atoms with E-state index in [9.17, 15) is 18.0 Å². The molecular formula is C20H20F3N5OS. The fourth-order valence-electron chi connectivity index (χ4n) is 3.49. The van der Waals surface area contributed by atoms with Gasteiger partial charge in [0.15, 0.2) is 0 Å². The summed E-state index contributed by atoms with van der Waals surface area (Å²) >= 11 is 1.57. The molecule has 0 bridgehead atoms. The Balaban J connectivity index is 1.42. The molecule has 1 aliphatic rings. The first-order valence-corrected chi connectivity index (χ1v) is 10.4. The van der Waals surface area contributed by atoms with Crippen LogP contribution >= 0.6 is 11.3 Å². The summed E-state index contributed by atoms with van der Waals surface area (Å²) in [4.78, 5) is 19.0. The van der Waals surface area contributed by atoms with Gasteiger partial charge >= 0.3 is 6.18 Å². The number of nitrogens with zero attached hydrogens (tertiary/aromatic N) is 4. The first-order chi connectivity index (χ1) is 14.4. The molecule has 158 valence electrons. The van der Waals surface area contributed by atoms with Crippen LogP contribution in [0.15, 0.2) is 41.5 Å². The molecule has 0 aliphatic carbocycles. The minimum Gasteiger partial charge on any atom is -0.363 e. The number of hydrazone groups is 1. The molecule has 0 unspecified atom stereocenters. The third-order valence-electron chi connectivity index (χ3n) is 4.87. The summed E-state index contributed by atoms with van der Waals surface area (Å²) in [6.07, 6.45) is 0.460. The minimum atomic E-state index is -4.66. The summed E-state index contributed by atoms with van der Waals surface area (Å²) < 4.78 is 40.8. The van der Waals surface area contributed by atoms with Crippen LogP contribution in [0, 0.1) is 0 Å². The first kappa shape index (κ1) is 20.4. The average molecular weight is 435 g/mol. The van der Waals surface area contributed by atoms with Gasteiger partial charge in [-0.2, -0.15) is 18.3 Å². The van der Waals surface area contributed by atoms with Gasteiger partial charge in [-0.05, 0) is 43.5 Å². The number of benzene rings is 1. The topological polar surface area (TPSA) is 62.5 Å². The molecule has 1 aliphatic heterocycles. The van der Waals surface area contributed by atoms with Crippen LogP contribution in [-0.2, 0) is 17.5 Å². The van der Waals surface area contributed by atoms with E-state index in [1.165, 1.54) is 37.6 Å². The quantitative estimate of drug-likeness (QED) is 0.481. The van der Waals surface area contributed by atoms with E-state index in [-0.39, 0.29) is 11.0 Å². The summed E-state index contributed by atoms with van der Waals surface area (Å²) in [5, 5.41) is 5.06. The Labute approximate surface area is 175 Å². The van der Waals surface area contributed by atoms with Gasteiger partial charge in [0.2, 0.25) is 5.82 Å². The van der Waals surface area contributed by atoms with E-state index in [1.807, 2.05) is 12.1 Å². The van der Waals surface area contributed by atoms with Crippen molar-refractivity contribution in [3.8, 4) is 0 Å². The molecule has 6 nitrogen and oxygen atoms in total. The van der Waals surface area contributed by atoms with E-state index in [2.05, 4.69) is 20.4 Å². The van der Waals surface area contributed by atoms with Gasteiger partial charge in [0, 0.05) is 18.0 Å². The Hall–Kier alpha value is -2.88. The Morgan fingerprint density at radius 3 is 2.70 bits per heavy atom. The number of carbonyl (C=O) groups excluding carboxylic acids is 1. The fraction of sp³-hybridized carbons (Fsp3) is 0.350. The zero-order valence-electron chi connectivity index (χ0n) is 16.0. The number of carbonyl (C=O) groups is 1. The molecule has 0 atom stereocenters. The number of amides is 1. The number of halogens is 3. The summed E-state index contributed by atoms with van der Waals surface area (Å²) in [5.41, 5.74) is 2.74. The standard InChI is InChI=1S/C20H20F3N5OS/c21-20(22,23)19-25-15-6-2-3-7-16(15)28(19)13-17(29)26-24-12-14-8-9-18(30-14)27-10-4-1-5-11-27/h2-3,6-9,12H,1,4-5,10-11,13H2,(H,26,29)/b24-12-. The van der Waals surface area contributed by atoms with Crippen LogP contribution in [0.25, 0.3) is 11.0 Å². The second-order valence-corrected chi connectivity index (χ2v) is 8.12. The zero-order chi connectivity index (χ0) is 21.1. The molecule has 1 amide bonds. The number of piperidine rings is 1. The van der Waals surface area contributed by atoms with Crippen LogP contribution in [0.3, 0.4) is 0 Å². The Bertz CT molecular complexity index is 1070. The lowest BCUT2D eigenvalue weighted by Crippen LogP contribution is -2.28. The van der Waals surface area contributed by atoms with Crippen molar-refractivity contribution in [1.29, 1.82) is 0 Å². The zero-order valence-corrected chi connectivity index (χ0v) is 16.8. The SMILES string of the molecule is O=C(Cn1c(C(F)(F)F)nc2ccccc21)N/N=C\c1ccc(N2CCCCC2)s1. The molecular weight excluding hydrogens is 415 g/mol. The van der Waals surface area contributed by atoms with Gasteiger partial charge in [-0.15, -0.1) is 11.3 Å². The number of hydrogen-bond donors (Lipinski definition) is 1. The predicted octanol–water partition coefficient (Wildman–Crippen LogP) is 4.26. The van der Waals surface area contributed by atoms with Crippen molar-refractivity contribution in [3.63, 3.8) is 0 Å². The van der Waals surface area contributed by atoms with Crippen molar-refractivity contribution in [2.45, 2.75) is 32.0 Å². The highest BCUT2D eigenvalue weighted by Crippen LogP contribution is 2.31. The van der Waals surface area contributed by atoms with E-state index < -0.39 is 24.5 Å². The molecule has 0 spiro atoms. The van der Waals surface area contributed by atoms with Crippen LogP contribution < -0.4 is 10.3 Å². The van der Waals surface area contributed by atoms with Crippen molar-refractivity contribution in [2.75, 3.05) is 18.0 Å². The van der Waals surface area contributed by atoms with Crippen LogP contribution in [0.4, 0.5) is 18.2 Å². The Morgan fingerprint density at radius 1 is 1.17 bits per heavy atom. The smallest absolute Gasteiger partial charge is 0.363 e. The number of hydrogen-bond acceptors (Lipinski definition) is 5. The number of aromatic nitrogens is 2. The number of nitrogens with one attached hydrogen (secondary N) is 1. The molecule has 1 saturated heterocycles. The summed E-state index contributed by atoms with van der Waals surface area (Å²) in [6.45, 7) is 1.54. The van der Waals surface area contributed by atoms with Crippen LogP contribution in [0.1, 0.15) is 30.0 Å². The number of rotatable bonds is 5. The van der Waals surface area contributed by atoms with E-state index >= 15 is 0 Å². The number of thiophene rings is 1. The maximum atomic E-state index is 13.3. The molecule has 3 heterocycles. The summed E-state index contributed by atoms with van der Waals surface area (Å²) in [5.74, 6) is -1.76. The molecule has 1 fully saturated rings. The molecule has 0 saturated carbocycles. The Morgan fingerprint density at radius 2 is 1.93 bits per heavy atom. The van der Waals surface area contributed by atoms with Gasteiger partial charge < -0.3 is 9.47 Å². The van der Waals surface area contributed by atoms with Gasteiger partial charge in [0.05, 0.1) is 22.2 Å². The van der Waals surface area contributed by atoms with Gasteiger partial charge in [0.1, 0.15) is 6.54 Å². The Kier molecular flexibility index (Phi) is 5.76. The third kappa shape index (κ3) is 4.48. The van der Waals surface area contributed by atoms with Crippen molar-refractivity contribution in [2.24, 2.45) is 5.10 Å². The van der Waals surface area contributed by atoms with E-state index in [0.29, 0.717) is 0 Å². The first-order valence-electron chi connectivity index (χ1n) is 9.61. The lowest BCUT2D eigenvalue weighted by atomic mass is 10.1. The van der Waals surface area contributed by atoms with Gasteiger partial charge in [-0.1, -0.05) is 12.1 Å². The van der Waals surface area contributed by atoms with Gasteiger partial charge in [0.25, 0.3) is 5.91 Å². The molecule has 1 N–H and O–H groups in total. The molecule has 2 aromatic heterocycles. The fourth-order valence-corrected chi connectivity index (χ4v) is 4.43. The average Bonchev–Trinajstić information content (AvgIpc) is 3.34. The molecule has 4 rings (SSSR count). The maximum absolute atomic E-state index is 13.3. The number of imidazole rings is 1. The van der Waals surface area contributed by atoms with Crippen LogP contribution in [-0.4, -0.2) is 34.8 Å². The van der Waals surface area contributed by atoms with Gasteiger partial charge in [-0.3, -0.25) is 4.79 Å². The molecule has 3 aromatic rings. The lowest BCUT2D eigenvalue weighted by molar-refractivity contribution is -0.147. The number of para-hydroxylation sites is 2. The molecule has 0 radical (unpaired) electrons. The van der Waals surface area contributed by atoms with Gasteiger partial charge in [-0.25, -0.2) is 10.4 Å². The number of anilines is 1. The minimum absolute atomic E-state index is 0.185. The maximum Gasteiger partial charge on any atom is 0.449 e. The predicted molar refractivity (Wildman–Crippen MR) is 111 cm³/mol. The number of fused-ring (bicyclic) bond motifs is 1. The highest BCUT2D eigenvalue weighted by molar-refractivity contribution is 7.17. The largest absolute Gasteiger partial charge is 0.449 e. The van der Waals surface area contributed by atoms with E-state index in [1.54, 1.807) is 23.5 Å². The van der Waals surface area contributed by atoms with Crippen LogP contribution in [0.2, 0.25) is 0 Å². The summed E-state index contributed by atoms with van der Waals surface area (Å²) in [7, 11) is 0.